The van der Waals surface area contributed by atoms with Gasteiger partial charge in [0.1, 0.15) is 6.33 Å². The summed E-state index contributed by atoms with van der Waals surface area (Å²) in [5, 5.41) is 0. The molecule has 0 saturated heterocycles. The molecule has 2 heteroatoms. The Balaban J connectivity index is 2.83. The van der Waals surface area contributed by atoms with Crippen LogP contribution in [0.3, 0.4) is 0 Å². The van der Waals surface area contributed by atoms with Crippen molar-refractivity contribution in [2.75, 3.05) is 0 Å². The second-order valence-corrected chi connectivity index (χ2v) is 1.50. The van der Waals surface area contributed by atoms with E-state index in [1.54, 1.807) is 12.4 Å². The summed E-state index contributed by atoms with van der Waals surface area (Å²) in [5.41, 5.74) is 1.08. The van der Waals surface area contributed by atoms with E-state index in [9.17, 15) is 0 Å². The highest BCUT2D eigenvalue weighted by Crippen LogP contribution is 1.90. The smallest absolute Gasteiger partial charge is 0.115 e. The standard InChI is InChI=1S/C6H7N2/c1-2-6-3-7-5-8-4-6/h3-5H,1-2H2. The van der Waals surface area contributed by atoms with Crippen molar-refractivity contribution >= 4 is 0 Å². The van der Waals surface area contributed by atoms with Gasteiger partial charge >= 0.3 is 0 Å². The van der Waals surface area contributed by atoms with Gasteiger partial charge in [-0.1, -0.05) is 0 Å². The summed E-state index contributed by atoms with van der Waals surface area (Å²) in [4.78, 5) is 7.61. The van der Waals surface area contributed by atoms with Crippen molar-refractivity contribution in [3.05, 3.63) is 31.2 Å². The highest BCUT2D eigenvalue weighted by atomic mass is 14.8. The van der Waals surface area contributed by atoms with E-state index in [-0.39, 0.29) is 0 Å². The first-order chi connectivity index (χ1) is 3.93. The quantitative estimate of drug-likeness (QED) is 0.531. The molecule has 0 bridgehead atoms. The molecule has 0 aliphatic carbocycles. The van der Waals surface area contributed by atoms with Crippen molar-refractivity contribution in [3.63, 3.8) is 0 Å². The summed E-state index contributed by atoms with van der Waals surface area (Å²) in [5.74, 6) is 0. The average Bonchev–Trinajstić information content (AvgIpc) is 1.90. The first kappa shape index (κ1) is 5.22. The number of aromatic nitrogens is 2. The van der Waals surface area contributed by atoms with Crippen LogP contribution in [0.5, 0.6) is 0 Å². The highest BCUT2D eigenvalue weighted by molar-refractivity contribution is 5.02. The second-order valence-electron chi connectivity index (χ2n) is 1.50. The molecule has 0 aliphatic rings. The van der Waals surface area contributed by atoms with Gasteiger partial charge in [0.05, 0.1) is 0 Å². The van der Waals surface area contributed by atoms with E-state index in [4.69, 9.17) is 0 Å². The predicted octanol–water partition coefficient (Wildman–Crippen LogP) is 0.853. The minimum atomic E-state index is 0.765. The van der Waals surface area contributed by atoms with E-state index in [0.29, 0.717) is 0 Å². The Kier molecular flexibility index (Phi) is 1.57. The van der Waals surface area contributed by atoms with Gasteiger partial charge < -0.3 is 0 Å². The fraction of sp³-hybridized carbons (Fsp3) is 0.167. The lowest BCUT2D eigenvalue weighted by atomic mass is 10.3. The Hall–Kier alpha value is -0.920. The van der Waals surface area contributed by atoms with E-state index in [1.807, 2.05) is 0 Å². The molecule has 1 heterocycles. The molecule has 0 amide bonds. The second kappa shape index (κ2) is 2.40. The van der Waals surface area contributed by atoms with Crippen LogP contribution >= 0.6 is 0 Å². The SMILES string of the molecule is [CH2]Cc1cncnc1. The summed E-state index contributed by atoms with van der Waals surface area (Å²) < 4.78 is 0. The van der Waals surface area contributed by atoms with E-state index < -0.39 is 0 Å². The van der Waals surface area contributed by atoms with Crippen LogP contribution in [0, 0.1) is 6.92 Å². The summed E-state index contributed by atoms with van der Waals surface area (Å²) in [6, 6.07) is 0. The van der Waals surface area contributed by atoms with Crippen LogP contribution in [0.15, 0.2) is 18.7 Å². The van der Waals surface area contributed by atoms with Crippen molar-refractivity contribution < 1.29 is 0 Å². The molecule has 1 radical (unpaired) electrons. The van der Waals surface area contributed by atoms with Gasteiger partial charge in [0, 0.05) is 12.4 Å². The Labute approximate surface area is 48.6 Å². The van der Waals surface area contributed by atoms with E-state index in [1.165, 1.54) is 6.33 Å². The zero-order chi connectivity index (χ0) is 5.82. The zero-order valence-electron chi connectivity index (χ0n) is 4.54. The Morgan fingerprint density at radius 1 is 1.38 bits per heavy atom. The minimum Gasteiger partial charge on any atom is -0.245 e. The normalized spacial score (nSPS) is 9.12. The van der Waals surface area contributed by atoms with Crippen molar-refractivity contribution in [3.8, 4) is 0 Å². The first-order valence-corrected chi connectivity index (χ1v) is 2.46. The molecule has 8 heavy (non-hydrogen) atoms. The van der Waals surface area contributed by atoms with E-state index in [2.05, 4.69) is 16.9 Å². The third kappa shape index (κ3) is 1.03. The van der Waals surface area contributed by atoms with Gasteiger partial charge in [0.2, 0.25) is 0 Å². The van der Waals surface area contributed by atoms with Crippen LogP contribution in [0.25, 0.3) is 0 Å². The third-order valence-corrected chi connectivity index (χ3v) is 0.903. The predicted molar refractivity (Wildman–Crippen MR) is 31.1 cm³/mol. The molecular weight excluding hydrogens is 100 g/mol. The van der Waals surface area contributed by atoms with Crippen molar-refractivity contribution in [2.24, 2.45) is 0 Å². The summed E-state index contributed by atoms with van der Waals surface area (Å²) in [6.07, 6.45) is 5.81. The van der Waals surface area contributed by atoms with Gasteiger partial charge in [0.15, 0.2) is 0 Å². The topological polar surface area (TPSA) is 25.8 Å². The minimum absolute atomic E-state index is 0.765. The molecule has 41 valence electrons. The first-order valence-electron chi connectivity index (χ1n) is 2.46. The summed E-state index contributed by atoms with van der Waals surface area (Å²) >= 11 is 0. The fourth-order valence-corrected chi connectivity index (χ4v) is 0.459. The maximum absolute atomic E-state index is 3.80. The largest absolute Gasteiger partial charge is 0.245 e. The van der Waals surface area contributed by atoms with Crippen LogP contribution in [-0.4, -0.2) is 9.97 Å². The fourth-order valence-electron chi connectivity index (χ4n) is 0.459. The van der Waals surface area contributed by atoms with Crippen molar-refractivity contribution in [2.45, 2.75) is 6.42 Å². The molecule has 2 nitrogen and oxygen atoms in total. The molecule has 1 aromatic heterocycles. The van der Waals surface area contributed by atoms with E-state index >= 15 is 0 Å². The zero-order valence-corrected chi connectivity index (χ0v) is 4.54. The lowest BCUT2D eigenvalue weighted by molar-refractivity contribution is 1.09. The van der Waals surface area contributed by atoms with Crippen LogP contribution in [0.4, 0.5) is 0 Å². The maximum Gasteiger partial charge on any atom is 0.115 e. The number of rotatable bonds is 1. The molecule has 0 fully saturated rings. The molecule has 0 aliphatic heterocycles. The van der Waals surface area contributed by atoms with Gasteiger partial charge in [-0.3, -0.25) is 0 Å². The number of hydrogen-bond donors (Lipinski definition) is 0. The maximum atomic E-state index is 3.80. The third-order valence-electron chi connectivity index (χ3n) is 0.903. The molecule has 1 rings (SSSR count). The van der Waals surface area contributed by atoms with Gasteiger partial charge in [-0.05, 0) is 18.9 Å². The molecule has 0 atom stereocenters. The summed E-state index contributed by atoms with van der Waals surface area (Å²) in [7, 11) is 0. The molecule has 0 spiro atoms. The molecular formula is C6H7N2. The van der Waals surface area contributed by atoms with Crippen molar-refractivity contribution in [1.29, 1.82) is 0 Å². The highest BCUT2D eigenvalue weighted by Gasteiger charge is 1.82. The monoisotopic (exact) mass is 107 g/mol. The summed E-state index contributed by atoms with van der Waals surface area (Å²) in [6.45, 7) is 3.68. The number of hydrogen-bond acceptors (Lipinski definition) is 2. The van der Waals surface area contributed by atoms with Crippen molar-refractivity contribution in [1.82, 2.24) is 9.97 Å². The van der Waals surface area contributed by atoms with Gasteiger partial charge in [-0.15, -0.1) is 0 Å². The van der Waals surface area contributed by atoms with Crippen LogP contribution in [-0.2, 0) is 6.42 Å². The molecule has 0 aromatic carbocycles. The Bertz CT molecular complexity index is 148. The van der Waals surface area contributed by atoms with E-state index in [0.717, 1.165) is 12.0 Å². The molecule has 1 aromatic rings. The van der Waals surface area contributed by atoms with Crippen LogP contribution < -0.4 is 0 Å². The van der Waals surface area contributed by atoms with Crippen LogP contribution in [0.2, 0.25) is 0 Å². The van der Waals surface area contributed by atoms with Gasteiger partial charge in [-0.25, -0.2) is 9.97 Å². The lowest BCUT2D eigenvalue weighted by Crippen LogP contribution is -1.82. The molecule has 0 N–H and O–H groups in total. The van der Waals surface area contributed by atoms with Gasteiger partial charge in [0.25, 0.3) is 0 Å². The van der Waals surface area contributed by atoms with Crippen LogP contribution in [0.1, 0.15) is 5.56 Å². The molecule has 0 saturated carbocycles. The average molecular weight is 107 g/mol. The Morgan fingerprint density at radius 3 is 2.38 bits per heavy atom. The number of nitrogens with zero attached hydrogens (tertiary/aromatic N) is 2. The Morgan fingerprint density at radius 2 is 2.00 bits per heavy atom. The van der Waals surface area contributed by atoms with Gasteiger partial charge in [-0.2, -0.15) is 0 Å². The lowest BCUT2D eigenvalue weighted by Gasteiger charge is -1.87. The molecule has 0 unspecified atom stereocenters.